The minimum atomic E-state index is 0.491. The van der Waals surface area contributed by atoms with Crippen molar-refractivity contribution in [1.29, 1.82) is 0 Å². The summed E-state index contributed by atoms with van der Waals surface area (Å²) in [6.07, 6.45) is 0. The Morgan fingerprint density at radius 1 is 0.340 bits per heavy atom. The van der Waals surface area contributed by atoms with Crippen LogP contribution in [0.4, 0.5) is 0 Å². The topological polar surface area (TPSA) is 64.7 Å². The molecule has 0 fully saturated rings. The molecule has 0 atom stereocenters. The van der Waals surface area contributed by atoms with Gasteiger partial charge >= 0.3 is 0 Å². The first-order valence-electron chi connectivity index (χ1n) is 17.7. The van der Waals surface area contributed by atoms with Gasteiger partial charge in [-0.3, -0.25) is 0 Å². The van der Waals surface area contributed by atoms with Gasteiger partial charge in [-0.25, -0.2) is 9.97 Å². The third-order valence-corrected chi connectivity index (χ3v) is 9.65. The number of aromatic nitrogens is 4. The first kappa shape index (κ1) is 32.0. The summed E-state index contributed by atoms with van der Waals surface area (Å²) >= 11 is 0. The smallest absolute Gasteiger partial charge is 0.248 e. The fraction of sp³-hybridized carbons (Fsp3) is 0.0417. The Hall–Kier alpha value is -6.98. The van der Waals surface area contributed by atoms with Crippen molar-refractivity contribution in [3.63, 3.8) is 0 Å². The van der Waals surface area contributed by atoms with E-state index in [-0.39, 0.29) is 0 Å². The Morgan fingerprint density at radius 3 is 1.13 bits per heavy atom. The highest BCUT2D eigenvalue weighted by molar-refractivity contribution is 5.96. The molecule has 0 spiro atoms. The summed E-state index contributed by atoms with van der Waals surface area (Å²) in [7, 11) is 0. The summed E-state index contributed by atoms with van der Waals surface area (Å²) < 4.78 is 5.98. The maximum Gasteiger partial charge on any atom is 0.248 e. The van der Waals surface area contributed by atoms with E-state index in [0.717, 1.165) is 78.1 Å². The van der Waals surface area contributed by atoms with Crippen molar-refractivity contribution in [3.8, 4) is 78.8 Å². The standard InChI is InChI=1S/C48H34N4O/c1-31-13-17-35(18-14-31)41-29-43-44(30-42(41)36-19-15-32(2)16-20-36)50-46(45(49-43)37-9-5-3-6-10-37)38-25-21-33(22-26-38)34-23-27-40(28-24-34)48-52-51-47(53-48)39-11-7-4-8-12-39/h3-30H,1-2H3. The van der Waals surface area contributed by atoms with Gasteiger partial charge in [0.2, 0.25) is 11.8 Å². The molecule has 9 rings (SSSR count). The van der Waals surface area contributed by atoms with Crippen LogP contribution in [0.3, 0.4) is 0 Å². The van der Waals surface area contributed by atoms with Gasteiger partial charge in [0.1, 0.15) is 0 Å². The molecule has 9 aromatic rings. The molecule has 0 radical (unpaired) electrons. The lowest BCUT2D eigenvalue weighted by Gasteiger charge is -2.15. The van der Waals surface area contributed by atoms with E-state index in [1.807, 2.05) is 60.7 Å². The molecule has 0 saturated heterocycles. The fourth-order valence-electron chi connectivity index (χ4n) is 6.71. The summed E-state index contributed by atoms with van der Waals surface area (Å²) in [5.41, 5.74) is 16.4. The van der Waals surface area contributed by atoms with Crippen LogP contribution >= 0.6 is 0 Å². The van der Waals surface area contributed by atoms with Gasteiger partial charge in [-0.1, -0.05) is 145 Å². The summed E-state index contributed by atoms with van der Waals surface area (Å²) in [6.45, 7) is 4.23. The van der Waals surface area contributed by atoms with E-state index in [9.17, 15) is 0 Å². The number of rotatable bonds is 7. The van der Waals surface area contributed by atoms with Gasteiger partial charge in [-0.05, 0) is 83.6 Å². The molecule has 0 unspecified atom stereocenters. The highest BCUT2D eigenvalue weighted by atomic mass is 16.4. The van der Waals surface area contributed by atoms with Crippen LogP contribution in [0.15, 0.2) is 174 Å². The minimum Gasteiger partial charge on any atom is -0.416 e. The summed E-state index contributed by atoms with van der Waals surface area (Å²) in [4.78, 5) is 10.7. The Morgan fingerprint density at radius 2 is 0.679 bits per heavy atom. The van der Waals surface area contributed by atoms with Gasteiger partial charge in [-0.2, -0.15) is 0 Å². The van der Waals surface area contributed by atoms with Gasteiger partial charge in [0, 0.05) is 22.3 Å². The van der Waals surface area contributed by atoms with E-state index in [4.69, 9.17) is 14.4 Å². The van der Waals surface area contributed by atoms with Crippen LogP contribution < -0.4 is 0 Å². The molecule has 2 aromatic heterocycles. The molecule has 5 nitrogen and oxygen atoms in total. The number of fused-ring (bicyclic) bond motifs is 1. The molecule has 0 saturated carbocycles. The Balaban J connectivity index is 1.10. The van der Waals surface area contributed by atoms with Crippen LogP contribution in [0, 0.1) is 13.8 Å². The van der Waals surface area contributed by atoms with Crippen LogP contribution in [0.25, 0.3) is 89.8 Å². The molecule has 0 aliphatic heterocycles. The Bertz CT molecular complexity index is 2680. The molecule has 53 heavy (non-hydrogen) atoms. The van der Waals surface area contributed by atoms with Crippen LogP contribution in [0.2, 0.25) is 0 Å². The maximum atomic E-state index is 5.98. The highest BCUT2D eigenvalue weighted by Crippen LogP contribution is 2.38. The number of aryl methyl sites for hydroxylation is 2. The number of nitrogens with zero attached hydrogens (tertiary/aromatic N) is 4. The minimum absolute atomic E-state index is 0.491. The van der Waals surface area contributed by atoms with Crippen LogP contribution in [-0.4, -0.2) is 20.2 Å². The quantitative estimate of drug-likeness (QED) is 0.167. The normalized spacial score (nSPS) is 11.2. The molecule has 5 heteroatoms. The average Bonchev–Trinajstić information content (AvgIpc) is 3.72. The zero-order chi connectivity index (χ0) is 35.7. The van der Waals surface area contributed by atoms with Crippen molar-refractivity contribution in [1.82, 2.24) is 20.2 Å². The van der Waals surface area contributed by atoms with Crippen molar-refractivity contribution in [2.45, 2.75) is 13.8 Å². The predicted molar refractivity (Wildman–Crippen MR) is 215 cm³/mol. The second-order valence-electron chi connectivity index (χ2n) is 13.3. The summed E-state index contributed by atoms with van der Waals surface area (Å²) in [5.74, 6) is 0.996. The fourth-order valence-corrected chi connectivity index (χ4v) is 6.71. The molecule has 0 bridgehead atoms. The van der Waals surface area contributed by atoms with E-state index in [2.05, 4.69) is 133 Å². The van der Waals surface area contributed by atoms with Crippen LogP contribution in [-0.2, 0) is 0 Å². The van der Waals surface area contributed by atoms with E-state index < -0.39 is 0 Å². The Kier molecular flexibility index (Phi) is 8.22. The van der Waals surface area contributed by atoms with Gasteiger partial charge < -0.3 is 4.42 Å². The third-order valence-electron chi connectivity index (χ3n) is 9.65. The lowest BCUT2D eigenvalue weighted by Crippen LogP contribution is -1.97. The van der Waals surface area contributed by atoms with Crippen molar-refractivity contribution < 1.29 is 4.42 Å². The number of benzene rings is 7. The summed E-state index contributed by atoms with van der Waals surface area (Å²) in [5, 5.41) is 8.53. The van der Waals surface area contributed by atoms with Crippen molar-refractivity contribution in [3.05, 3.63) is 181 Å². The molecule has 0 aliphatic rings. The molecule has 7 aromatic carbocycles. The van der Waals surface area contributed by atoms with Gasteiger partial charge in [0.15, 0.2) is 0 Å². The largest absolute Gasteiger partial charge is 0.416 e. The second-order valence-corrected chi connectivity index (χ2v) is 13.3. The first-order valence-corrected chi connectivity index (χ1v) is 17.7. The molecule has 0 aliphatic carbocycles. The highest BCUT2D eigenvalue weighted by Gasteiger charge is 2.18. The van der Waals surface area contributed by atoms with Gasteiger partial charge in [0.05, 0.1) is 22.4 Å². The third kappa shape index (κ3) is 6.41. The first-order chi connectivity index (χ1) is 26.1. The molecule has 0 amide bonds. The predicted octanol–water partition coefficient (Wildman–Crippen LogP) is 12.3. The summed E-state index contributed by atoms with van der Waals surface area (Å²) in [6, 6.07) is 58.7. The van der Waals surface area contributed by atoms with Gasteiger partial charge in [0.25, 0.3) is 0 Å². The van der Waals surface area contributed by atoms with E-state index in [1.54, 1.807) is 0 Å². The van der Waals surface area contributed by atoms with Gasteiger partial charge in [-0.15, -0.1) is 10.2 Å². The SMILES string of the molecule is Cc1ccc(-c2cc3nc(-c4ccccc4)c(-c4ccc(-c5ccc(-c6nnc(-c7ccccc7)o6)cc5)cc4)nc3cc2-c2ccc(C)cc2)cc1. The van der Waals surface area contributed by atoms with Crippen molar-refractivity contribution in [2.24, 2.45) is 0 Å². The average molecular weight is 683 g/mol. The van der Waals surface area contributed by atoms with E-state index >= 15 is 0 Å². The van der Waals surface area contributed by atoms with E-state index in [1.165, 1.54) is 11.1 Å². The molecule has 0 N–H and O–H groups in total. The number of hydrogen-bond acceptors (Lipinski definition) is 5. The zero-order valence-corrected chi connectivity index (χ0v) is 29.4. The molecular weight excluding hydrogens is 649 g/mol. The number of hydrogen-bond donors (Lipinski definition) is 0. The van der Waals surface area contributed by atoms with E-state index in [0.29, 0.717) is 11.8 Å². The Labute approximate surface area is 308 Å². The second kappa shape index (κ2) is 13.6. The monoisotopic (exact) mass is 682 g/mol. The molecular formula is C48H34N4O. The van der Waals surface area contributed by atoms with Crippen LogP contribution in [0.5, 0.6) is 0 Å². The van der Waals surface area contributed by atoms with Crippen molar-refractivity contribution >= 4 is 11.0 Å². The van der Waals surface area contributed by atoms with Crippen LogP contribution in [0.1, 0.15) is 11.1 Å². The molecule has 252 valence electrons. The lowest BCUT2D eigenvalue weighted by molar-refractivity contribution is 0.584. The van der Waals surface area contributed by atoms with Crippen molar-refractivity contribution in [2.75, 3.05) is 0 Å². The molecule has 2 heterocycles. The maximum absolute atomic E-state index is 5.98. The lowest BCUT2D eigenvalue weighted by atomic mass is 9.92. The zero-order valence-electron chi connectivity index (χ0n) is 29.4.